The van der Waals surface area contributed by atoms with Gasteiger partial charge in [0.1, 0.15) is 5.01 Å². The molecule has 0 saturated carbocycles. The van der Waals surface area contributed by atoms with Crippen LogP contribution in [0.5, 0.6) is 6.01 Å². The monoisotopic (exact) mass is 403 g/mol. The standard InChI is InChI=1S/C19H29N7OS/c1-15(16-20-7-14-28-16)24-10-12-26(13-11-24)18-21-17(22-19(23-18)27-2)25-8-5-3-4-6-9-25/h7,14-15H,3-6,8-13H2,1-2H3. The third-order valence-corrected chi connectivity index (χ3v) is 6.56. The van der Waals surface area contributed by atoms with Crippen molar-refractivity contribution in [2.45, 2.75) is 38.6 Å². The van der Waals surface area contributed by atoms with Gasteiger partial charge in [-0.25, -0.2) is 4.98 Å². The minimum Gasteiger partial charge on any atom is -0.467 e. The Bertz CT molecular complexity index is 741. The molecule has 0 aromatic carbocycles. The fourth-order valence-electron chi connectivity index (χ4n) is 3.89. The molecule has 2 saturated heterocycles. The Balaban J connectivity index is 1.46. The molecule has 4 heterocycles. The van der Waals surface area contributed by atoms with Crippen molar-refractivity contribution >= 4 is 23.2 Å². The molecule has 9 heteroatoms. The van der Waals surface area contributed by atoms with Crippen LogP contribution in [0.25, 0.3) is 0 Å². The molecule has 0 spiro atoms. The molecule has 2 aliphatic heterocycles. The fourth-order valence-corrected chi connectivity index (χ4v) is 4.62. The average molecular weight is 404 g/mol. The quantitative estimate of drug-likeness (QED) is 0.754. The summed E-state index contributed by atoms with van der Waals surface area (Å²) >= 11 is 1.72. The lowest BCUT2D eigenvalue weighted by molar-refractivity contribution is 0.197. The number of hydrogen-bond donors (Lipinski definition) is 0. The Labute approximate surface area is 170 Å². The molecule has 4 rings (SSSR count). The van der Waals surface area contributed by atoms with Gasteiger partial charge in [-0.05, 0) is 19.8 Å². The van der Waals surface area contributed by atoms with Crippen LogP contribution in [0.2, 0.25) is 0 Å². The van der Waals surface area contributed by atoms with Gasteiger partial charge in [-0.2, -0.15) is 15.0 Å². The molecule has 28 heavy (non-hydrogen) atoms. The number of rotatable bonds is 5. The van der Waals surface area contributed by atoms with E-state index in [1.54, 1.807) is 18.4 Å². The summed E-state index contributed by atoms with van der Waals surface area (Å²) in [5, 5.41) is 3.22. The van der Waals surface area contributed by atoms with E-state index in [0.29, 0.717) is 12.1 Å². The fraction of sp³-hybridized carbons (Fsp3) is 0.684. The second-order valence-electron chi connectivity index (χ2n) is 7.39. The maximum atomic E-state index is 5.38. The Morgan fingerprint density at radius 1 is 0.893 bits per heavy atom. The Kier molecular flexibility index (Phi) is 6.21. The van der Waals surface area contributed by atoms with Gasteiger partial charge in [0.05, 0.1) is 13.2 Å². The van der Waals surface area contributed by atoms with Crippen molar-refractivity contribution in [1.29, 1.82) is 0 Å². The van der Waals surface area contributed by atoms with E-state index in [4.69, 9.17) is 9.72 Å². The van der Waals surface area contributed by atoms with E-state index < -0.39 is 0 Å². The summed E-state index contributed by atoms with van der Waals surface area (Å²) in [5.41, 5.74) is 0. The highest BCUT2D eigenvalue weighted by Gasteiger charge is 2.26. The zero-order chi connectivity index (χ0) is 19.3. The summed E-state index contributed by atoms with van der Waals surface area (Å²) in [6.07, 6.45) is 6.83. The molecule has 2 aliphatic rings. The zero-order valence-electron chi connectivity index (χ0n) is 16.8. The van der Waals surface area contributed by atoms with Gasteiger partial charge in [0.25, 0.3) is 0 Å². The van der Waals surface area contributed by atoms with Crippen LogP contribution >= 0.6 is 11.3 Å². The smallest absolute Gasteiger partial charge is 0.322 e. The summed E-state index contributed by atoms with van der Waals surface area (Å²) in [5.74, 6) is 1.48. The lowest BCUT2D eigenvalue weighted by atomic mass is 10.2. The van der Waals surface area contributed by atoms with E-state index >= 15 is 0 Å². The first-order valence-electron chi connectivity index (χ1n) is 10.2. The molecule has 0 N–H and O–H groups in total. The van der Waals surface area contributed by atoms with E-state index in [2.05, 4.69) is 36.6 Å². The van der Waals surface area contributed by atoms with Gasteiger partial charge in [0.2, 0.25) is 11.9 Å². The molecule has 0 radical (unpaired) electrons. The molecule has 2 aromatic rings. The molecule has 152 valence electrons. The topological polar surface area (TPSA) is 70.5 Å². The lowest BCUT2D eigenvalue weighted by Crippen LogP contribution is -2.47. The van der Waals surface area contributed by atoms with Crippen molar-refractivity contribution < 1.29 is 4.74 Å². The Hall–Kier alpha value is -2.00. The van der Waals surface area contributed by atoms with E-state index in [1.165, 1.54) is 30.7 Å². The Morgan fingerprint density at radius 2 is 1.54 bits per heavy atom. The van der Waals surface area contributed by atoms with Crippen molar-refractivity contribution in [3.8, 4) is 6.01 Å². The number of ether oxygens (including phenoxy) is 1. The van der Waals surface area contributed by atoms with Gasteiger partial charge in [-0.1, -0.05) is 12.8 Å². The summed E-state index contributed by atoms with van der Waals surface area (Å²) in [4.78, 5) is 25.3. The van der Waals surface area contributed by atoms with Gasteiger partial charge >= 0.3 is 6.01 Å². The molecular formula is C19H29N7OS. The van der Waals surface area contributed by atoms with E-state index in [1.807, 2.05) is 11.6 Å². The Morgan fingerprint density at radius 3 is 2.11 bits per heavy atom. The largest absolute Gasteiger partial charge is 0.467 e. The molecular weight excluding hydrogens is 374 g/mol. The van der Waals surface area contributed by atoms with E-state index in [9.17, 15) is 0 Å². The van der Waals surface area contributed by atoms with Crippen LogP contribution in [0, 0.1) is 0 Å². The van der Waals surface area contributed by atoms with Gasteiger partial charge in [0, 0.05) is 50.8 Å². The van der Waals surface area contributed by atoms with Crippen molar-refractivity contribution in [3.63, 3.8) is 0 Å². The van der Waals surface area contributed by atoms with Crippen LogP contribution < -0.4 is 14.5 Å². The van der Waals surface area contributed by atoms with Gasteiger partial charge in [0.15, 0.2) is 0 Å². The number of methoxy groups -OCH3 is 1. The highest BCUT2D eigenvalue weighted by Crippen LogP contribution is 2.25. The number of nitrogens with zero attached hydrogens (tertiary/aromatic N) is 7. The summed E-state index contributed by atoms with van der Waals surface area (Å²) < 4.78 is 5.38. The van der Waals surface area contributed by atoms with Gasteiger partial charge in [-0.15, -0.1) is 11.3 Å². The molecule has 2 fully saturated rings. The predicted molar refractivity (Wildman–Crippen MR) is 111 cm³/mol. The third-order valence-electron chi connectivity index (χ3n) is 5.62. The van der Waals surface area contributed by atoms with Crippen LogP contribution in [-0.4, -0.2) is 71.2 Å². The first-order valence-corrected chi connectivity index (χ1v) is 11.1. The highest BCUT2D eigenvalue weighted by molar-refractivity contribution is 7.09. The van der Waals surface area contributed by atoms with Crippen LogP contribution in [0.1, 0.15) is 43.7 Å². The number of aromatic nitrogens is 4. The zero-order valence-corrected chi connectivity index (χ0v) is 17.6. The van der Waals surface area contributed by atoms with E-state index in [-0.39, 0.29) is 0 Å². The van der Waals surface area contributed by atoms with E-state index in [0.717, 1.165) is 51.2 Å². The van der Waals surface area contributed by atoms with Crippen LogP contribution in [0.15, 0.2) is 11.6 Å². The highest BCUT2D eigenvalue weighted by atomic mass is 32.1. The summed E-state index contributed by atoms with van der Waals surface area (Å²) in [6.45, 7) is 7.96. The second kappa shape index (κ2) is 9.00. The molecule has 1 unspecified atom stereocenters. The maximum Gasteiger partial charge on any atom is 0.322 e. The van der Waals surface area contributed by atoms with Crippen LogP contribution in [0.3, 0.4) is 0 Å². The second-order valence-corrected chi connectivity index (χ2v) is 8.32. The minimum absolute atomic E-state index is 0.350. The first kappa shape index (κ1) is 19.3. The number of anilines is 2. The lowest BCUT2D eigenvalue weighted by Gasteiger charge is -2.37. The predicted octanol–water partition coefficient (Wildman–Crippen LogP) is 2.60. The number of thiazole rings is 1. The summed E-state index contributed by atoms with van der Waals surface area (Å²) in [6, 6.07) is 0.755. The molecule has 1 atom stereocenters. The molecule has 0 amide bonds. The molecule has 2 aromatic heterocycles. The van der Waals surface area contributed by atoms with Crippen molar-refractivity contribution in [1.82, 2.24) is 24.8 Å². The van der Waals surface area contributed by atoms with Gasteiger partial charge in [-0.3, -0.25) is 4.90 Å². The van der Waals surface area contributed by atoms with Gasteiger partial charge < -0.3 is 14.5 Å². The molecule has 8 nitrogen and oxygen atoms in total. The molecule has 0 aliphatic carbocycles. The average Bonchev–Trinajstić information content (AvgIpc) is 3.15. The number of piperazine rings is 1. The maximum absolute atomic E-state index is 5.38. The van der Waals surface area contributed by atoms with Crippen molar-refractivity contribution in [3.05, 3.63) is 16.6 Å². The SMILES string of the molecule is COc1nc(N2CCCCCC2)nc(N2CCN(C(C)c3nccs3)CC2)n1. The first-order chi connectivity index (χ1) is 13.7. The minimum atomic E-state index is 0.350. The summed E-state index contributed by atoms with van der Waals surface area (Å²) in [7, 11) is 1.62. The van der Waals surface area contributed by atoms with Crippen molar-refractivity contribution in [2.75, 3.05) is 56.2 Å². The third kappa shape index (κ3) is 4.35. The van der Waals surface area contributed by atoms with Crippen LogP contribution in [-0.2, 0) is 0 Å². The number of hydrogen-bond acceptors (Lipinski definition) is 9. The van der Waals surface area contributed by atoms with Crippen LogP contribution in [0.4, 0.5) is 11.9 Å². The normalized spacial score (nSPS) is 20.1. The van der Waals surface area contributed by atoms with Crippen molar-refractivity contribution in [2.24, 2.45) is 0 Å². The molecule has 0 bridgehead atoms.